The summed E-state index contributed by atoms with van der Waals surface area (Å²) < 4.78 is 28.8. The summed E-state index contributed by atoms with van der Waals surface area (Å²) in [5.41, 5.74) is 17.1. The number of aromatic carboxylic acids is 1. The van der Waals surface area contributed by atoms with Gasteiger partial charge in [0.05, 0.1) is 11.5 Å². The number of thiophene rings is 2. The molecule has 0 atom stereocenters. The van der Waals surface area contributed by atoms with Crippen molar-refractivity contribution in [2.75, 3.05) is 0 Å². The topological polar surface area (TPSA) is 202 Å². The number of rotatable bonds is 19. The molecule has 125 heavy (non-hydrogen) atoms. The number of benzene rings is 6. The zero-order chi connectivity index (χ0) is 86.4. The Morgan fingerprint density at radius 3 is 1.26 bits per heavy atom. The summed E-state index contributed by atoms with van der Waals surface area (Å²) in [6.45, 7) is 28.6. The summed E-state index contributed by atoms with van der Waals surface area (Å²) in [5, 5.41) is 27.4. The first-order valence-corrected chi connectivity index (χ1v) is 39.4. The number of hydrogen-bond acceptors (Lipinski definition) is 14. The molecule has 0 spiro atoms. The average Bonchev–Trinajstić information content (AvgIpc) is 1.70. The summed E-state index contributed by atoms with van der Waals surface area (Å²) >= 11 is 3.47. The van der Waals surface area contributed by atoms with Crippen LogP contribution in [-0.2, 0) is 142 Å². The third-order valence-corrected chi connectivity index (χ3v) is 18.2. The molecule has 0 aliphatic rings. The minimum Gasteiger partial charge on any atom is -0.512 e. The van der Waals surface area contributed by atoms with Gasteiger partial charge in [0.25, 0.3) is 0 Å². The number of allylic oxidation sites excluding steroid dienone is 9. The van der Waals surface area contributed by atoms with Crippen molar-refractivity contribution in [3.63, 3.8) is 0 Å². The third kappa shape index (κ3) is 41.1. The molecule has 0 saturated heterocycles. The molecule has 0 saturated carbocycles. The summed E-state index contributed by atoms with van der Waals surface area (Å²) in [7, 11) is 0. The minimum absolute atomic E-state index is 0. The van der Waals surface area contributed by atoms with Crippen LogP contribution in [0, 0.1) is 55.0 Å². The number of pyridine rings is 7. The molecule has 0 fully saturated rings. The molecule has 0 amide bonds. The molecule has 9 heterocycles. The Kier molecular flexibility index (Phi) is 54.0. The van der Waals surface area contributed by atoms with Gasteiger partial charge < -0.3 is 45.2 Å². The van der Waals surface area contributed by atoms with E-state index in [0.717, 1.165) is 109 Å². The number of aliphatic hydroxyl groups excluding tert-OH is 2. The largest absolute Gasteiger partial charge is 0.512 e. The smallest absolute Gasteiger partial charge is 0.354 e. The molecule has 13 nitrogen and oxygen atoms in total. The molecule has 651 valence electrons. The van der Waals surface area contributed by atoms with Gasteiger partial charge in [0, 0.05) is 179 Å². The summed E-state index contributed by atoms with van der Waals surface area (Å²) in [4.78, 5) is 61.6. The van der Waals surface area contributed by atoms with Gasteiger partial charge in [-0.1, -0.05) is 139 Å². The van der Waals surface area contributed by atoms with Crippen LogP contribution in [0.5, 0.6) is 0 Å². The van der Waals surface area contributed by atoms with Crippen molar-refractivity contribution in [1.82, 2.24) is 34.9 Å². The molecular formula is C103H91F2Ir5N7O6S2-6. The molecular weight excluding hydrogens is 2490 g/mol. The van der Waals surface area contributed by atoms with Gasteiger partial charge >= 0.3 is 5.97 Å². The van der Waals surface area contributed by atoms with Gasteiger partial charge in [-0.15, -0.1) is 198 Å². The molecule has 9 aromatic heterocycles. The number of hydrogen-bond donors (Lipinski definition) is 3. The first-order chi connectivity index (χ1) is 58.0. The van der Waals surface area contributed by atoms with Crippen LogP contribution in [0.4, 0.5) is 8.78 Å². The molecule has 0 aliphatic carbocycles. The second-order valence-corrected chi connectivity index (χ2v) is 28.5. The van der Waals surface area contributed by atoms with Crippen LogP contribution in [0.15, 0.2) is 354 Å². The SMILES string of the molecule is C=C(C)Cc1c[c-]c(-c2ccccn2)cc1.C=CCc1cc[c-]c(-c2ccccn2)c1.C=CCc1ccc2[c-]c(-c3ccccn3)sc2c1.C=CCc1ccnc(-c2[c-]c3ccccc3s2)c1.C=CCc1ccnc(-c2[c-]cc(F)cc2F)c1.CC(=O)C=C(C)O.CC(=O)C=C(C)O.Cc1c[c-]c(-c2ccccn2)cc1.O=C(O)c1ccccn1.[Ir].[Ir].[Ir].[Ir].[Ir]. The molecule has 0 aliphatic heterocycles. The summed E-state index contributed by atoms with van der Waals surface area (Å²) in [6, 6.07) is 90.1. The Morgan fingerprint density at radius 1 is 0.400 bits per heavy atom. The van der Waals surface area contributed by atoms with Crippen molar-refractivity contribution in [3.05, 3.63) is 441 Å². The van der Waals surface area contributed by atoms with Crippen LogP contribution in [0.3, 0.4) is 0 Å². The standard InChI is InChI=1S/2C16H12NS.C15H14N.C14H10F2N.C14H12N.C12H10N.C6H5NO2.2C5H8O2.5Ir/c1-2-5-12-7-8-13-11-16(18-15(13)10-12)14-6-3-4-9-17-14;1-2-5-12-8-9-17-14(10-12)16-11-13-6-3-4-7-15(13)18-16;1-12(2)11-13-6-8-14(9-7-13)15-5-3-4-10-16-15;1-2-3-10-6-7-17-14(8-10)12-5-4-11(15)9-13(12)16;1-2-6-12-7-5-8-13(11-12)14-9-3-4-10-15-14;1-10-5-7-11(8-6-10)12-4-2-3-9-13-12;8-6(9)5-3-1-2-4-7-5;2*1-4(6)3-5(2)7;;;;;/h2*2-4,6-10H,1,5H2;3-8,10H,1,11H2,2H3;2,4,6-9H,1,3H2;2-5,7,9-11H,1,6H2;2-7,9H,1H3;1-4H,(H,8,9);2*3,6H,1-2H3;;;;;/q6*-1;;;;;;;;. The number of carboxylic acids is 1. The van der Waals surface area contributed by atoms with E-state index in [1.165, 1.54) is 94.9 Å². The second kappa shape index (κ2) is 61.3. The van der Waals surface area contributed by atoms with Crippen molar-refractivity contribution in [2.45, 2.75) is 73.6 Å². The van der Waals surface area contributed by atoms with Gasteiger partial charge in [-0.2, -0.15) is 0 Å². The van der Waals surface area contributed by atoms with E-state index in [9.17, 15) is 23.2 Å². The van der Waals surface area contributed by atoms with Crippen LogP contribution < -0.4 is 0 Å². The molecule has 15 rings (SSSR count). The third-order valence-electron chi connectivity index (χ3n) is 16.0. The Bertz CT molecular complexity index is 5790. The van der Waals surface area contributed by atoms with Gasteiger partial charge in [0.15, 0.2) is 11.6 Å². The predicted octanol–water partition coefficient (Wildman–Crippen LogP) is 25.2. The molecule has 0 bridgehead atoms. The molecule has 5 radical (unpaired) electrons. The monoisotopic (exact) mass is 2590 g/mol. The number of aliphatic hydroxyl groups is 2. The summed E-state index contributed by atoms with van der Waals surface area (Å²) in [6.07, 6.45) is 26.2. The minimum atomic E-state index is -0.990. The number of ketones is 2. The van der Waals surface area contributed by atoms with Crippen molar-refractivity contribution in [1.29, 1.82) is 0 Å². The number of aryl methyl sites for hydroxylation is 1. The van der Waals surface area contributed by atoms with Crippen LogP contribution in [0.2, 0.25) is 0 Å². The summed E-state index contributed by atoms with van der Waals surface area (Å²) in [5.74, 6) is -2.42. The van der Waals surface area contributed by atoms with E-state index < -0.39 is 17.6 Å². The molecule has 22 heteroatoms. The Morgan fingerprint density at radius 2 is 0.832 bits per heavy atom. The normalized spacial score (nSPS) is 9.89. The number of nitrogens with zero attached hydrogens (tertiary/aromatic N) is 7. The molecule has 0 unspecified atom stereocenters. The van der Waals surface area contributed by atoms with E-state index in [0.29, 0.717) is 12.1 Å². The maximum absolute atomic E-state index is 13.5. The van der Waals surface area contributed by atoms with E-state index in [2.05, 4.69) is 178 Å². The first-order valence-electron chi connectivity index (χ1n) is 37.8. The number of carbonyl (C=O) groups is 3. The van der Waals surface area contributed by atoms with Crippen LogP contribution in [0.25, 0.3) is 86.3 Å². The van der Waals surface area contributed by atoms with Crippen LogP contribution in [-0.4, -0.2) is 67.7 Å². The van der Waals surface area contributed by atoms with Crippen LogP contribution in [0.1, 0.15) is 78.5 Å². The van der Waals surface area contributed by atoms with E-state index in [1.807, 2.05) is 159 Å². The first kappa shape index (κ1) is 110. The Hall–Kier alpha value is -11.0. The second-order valence-electron chi connectivity index (χ2n) is 26.4. The van der Waals surface area contributed by atoms with Crippen LogP contribution >= 0.6 is 22.7 Å². The van der Waals surface area contributed by atoms with E-state index in [4.69, 9.17) is 15.3 Å². The van der Waals surface area contributed by atoms with E-state index >= 15 is 0 Å². The molecule has 15 aromatic rings. The maximum Gasteiger partial charge on any atom is 0.354 e. The fourth-order valence-electron chi connectivity index (χ4n) is 10.7. The molecule has 3 N–H and O–H groups in total. The van der Waals surface area contributed by atoms with Gasteiger partial charge in [-0.05, 0) is 168 Å². The predicted molar refractivity (Wildman–Crippen MR) is 486 cm³/mol. The van der Waals surface area contributed by atoms with E-state index in [-0.39, 0.29) is 135 Å². The number of carboxylic acid groups (broad SMARTS) is 1. The fraction of sp³-hybridized carbons (Fsp3) is 0.107. The van der Waals surface area contributed by atoms with Gasteiger partial charge in [-0.3, -0.25) is 18.4 Å². The quantitative estimate of drug-likeness (QED) is 0.0299. The van der Waals surface area contributed by atoms with Crippen molar-refractivity contribution in [2.24, 2.45) is 0 Å². The van der Waals surface area contributed by atoms with Crippen molar-refractivity contribution < 1.29 is 139 Å². The van der Waals surface area contributed by atoms with Gasteiger partial charge in [-0.25, -0.2) is 32.5 Å². The van der Waals surface area contributed by atoms with Gasteiger partial charge in [0.2, 0.25) is 0 Å². The number of fused-ring (bicyclic) bond motifs is 2. The van der Waals surface area contributed by atoms with E-state index in [1.54, 1.807) is 71.7 Å². The fourth-order valence-corrected chi connectivity index (χ4v) is 12.7. The number of halogens is 2. The number of aromatic nitrogens is 7. The molecule has 6 aromatic carbocycles. The average molecular weight is 2590 g/mol. The zero-order valence-electron chi connectivity index (χ0n) is 69.4. The Balaban J connectivity index is 0.000000481. The van der Waals surface area contributed by atoms with Crippen molar-refractivity contribution in [3.8, 4) is 66.2 Å². The Labute approximate surface area is 807 Å². The van der Waals surface area contributed by atoms with Gasteiger partial charge in [0.1, 0.15) is 5.69 Å². The zero-order valence-corrected chi connectivity index (χ0v) is 83.0. The maximum atomic E-state index is 13.5. The van der Waals surface area contributed by atoms with Crippen molar-refractivity contribution >= 4 is 60.4 Å². The number of carbonyl (C=O) groups excluding carboxylic acids is 2.